The monoisotopic (exact) mass is 485 g/mol. The van der Waals surface area contributed by atoms with E-state index in [0.29, 0.717) is 27.1 Å². The summed E-state index contributed by atoms with van der Waals surface area (Å²) in [5.41, 5.74) is 3.52. The van der Waals surface area contributed by atoms with E-state index in [1.54, 1.807) is 6.20 Å². The maximum absolute atomic E-state index is 12.3. The molecule has 0 amide bonds. The van der Waals surface area contributed by atoms with Crippen LogP contribution in [0.1, 0.15) is 30.9 Å². The zero-order chi connectivity index (χ0) is 22.9. The van der Waals surface area contributed by atoms with Crippen molar-refractivity contribution in [1.29, 1.82) is 5.26 Å². The van der Waals surface area contributed by atoms with E-state index in [2.05, 4.69) is 23.0 Å². The van der Waals surface area contributed by atoms with Crippen LogP contribution in [0.4, 0.5) is 0 Å². The van der Waals surface area contributed by atoms with Crippen LogP contribution in [-0.4, -0.2) is 38.4 Å². The molecule has 0 bridgehead atoms. The van der Waals surface area contributed by atoms with Crippen LogP contribution in [0, 0.1) is 11.3 Å². The molecule has 0 aliphatic heterocycles. The van der Waals surface area contributed by atoms with Gasteiger partial charge in [-0.3, -0.25) is 4.79 Å². The van der Waals surface area contributed by atoms with Crippen LogP contribution in [0.5, 0.6) is 0 Å². The van der Waals surface area contributed by atoms with Gasteiger partial charge in [0.05, 0.1) is 19.1 Å². The molecule has 166 valence electrons. The number of thiazole rings is 1. The number of nitriles is 1. The van der Waals surface area contributed by atoms with Gasteiger partial charge in [0, 0.05) is 17.1 Å². The highest BCUT2D eigenvalue weighted by Gasteiger charge is 2.19. The van der Waals surface area contributed by atoms with Crippen LogP contribution in [0.15, 0.2) is 46.9 Å². The molecule has 0 aliphatic carbocycles. The van der Waals surface area contributed by atoms with Crippen LogP contribution in [-0.2, 0) is 27.1 Å². The van der Waals surface area contributed by atoms with Crippen molar-refractivity contribution in [2.24, 2.45) is 0 Å². The predicted molar refractivity (Wildman–Crippen MR) is 130 cm³/mol. The lowest BCUT2D eigenvalue weighted by atomic mass is 9.99. The van der Waals surface area contributed by atoms with Crippen LogP contribution >= 0.6 is 23.1 Å². The fourth-order valence-electron chi connectivity index (χ4n) is 2.95. The fraction of sp³-hybridized carbons (Fsp3) is 0.304. The minimum Gasteiger partial charge on any atom is -0.616 e. The van der Waals surface area contributed by atoms with Crippen LogP contribution in [0.2, 0.25) is 0 Å². The number of nitrogens with zero attached hydrogens (tertiary/aromatic N) is 3. The number of unbranched alkanes of at least 4 members (excludes halogenated alkanes) is 1. The number of carbonyl (C=O) groups excluding carboxylic acids is 1. The van der Waals surface area contributed by atoms with Crippen LogP contribution in [0.3, 0.4) is 0 Å². The molecule has 1 atom stereocenters. The summed E-state index contributed by atoms with van der Waals surface area (Å²) in [6, 6.07) is 11.6. The molecule has 3 rings (SSSR count). The largest absolute Gasteiger partial charge is 0.616 e. The third-order valence-electron chi connectivity index (χ3n) is 4.64. The summed E-state index contributed by atoms with van der Waals surface area (Å²) >= 11 is 1.84. The average molecular weight is 486 g/mol. The Morgan fingerprint density at radius 2 is 2.12 bits per heavy atom. The van der Waals surface area contributed by atoms with E-state index in [1.807, 2.05) is 35.7 Å². The Morgan fingerprint density at radius 1 is 1.34 bits per heavy atom. The zero-order valence-electron chi connectivity index (χ0n) is 17.9. The highest BCUT2D eigenvalue weighted by Crippen LogP contribution is 2.35. The quantitative estimate of drug-likeness (QED) is 0.225. The molecule has 1 unspecified atom stereocenters. The van der Waals surface area contributed by atoms with Gasteiger partial charge in [0.1, 0.15) is 27.5 Å². The van der Waals surface area contributed by atoms with E-state index in [1.165, 1.54) is 30.2 Å². The Bertz CT molecular complexity index is 1080. The fourth-order valence-corrected chi connectivity index (χ4v) is 6.06. The summed E-state index contributed by atoms with van der Waals surface area (Å²) in [5, 5.41) is 13.5. The summed E-state index contributed by atoms with van der Waals surface area (Å²) in [7, 11) is 1.36. The van der Waals surface area contributed by atoms with E-state index in [4.69, 9.17) is 4.74 Å². The van der Waals surface area contributed by atoms with E-state index >= 15 is 0 Å². The highest BCUT2D eigenvalue weighted by molar-refractivity contribution is 8.12. The Balaban J connectivity index is 1.98. The van der Waals surface area contributed by atoms with Crippen molar-refractivity contribution in [1.82, 2.24) is 9.97 Å². The Kier molecular flexibility index (Phi) is 9.11. The van der Waals surface area contributed by atoms with Gasteiger partial charge >= 0.3 is 5.97 Å². The number of esters is 1. The van der Waals surface area contributed by atoms with Crippen molar-refractivity contribution in [2.45, 2.75) is 31.2 Å². The first-order chi connectivity index (χ1) is 15.5. The third-order valence-corrected chi connectivity index (χ3v) is 8.27. The summed E-state index contributed by atoms with van der Waals surface area (Å²) in [6.45, 7) is 2.07. The molecule has 2 aromatic heterocycles. The standard InChI is InChI=1S/C23H23N3O3S3/c1-3-4-11-32(28)15-31-22-19(14-24)18(13-20(26-22)23-25-9-10-30-23)17-7-5-16(6-8-17)12-21(27)29-2/h5-10,13H,3-4,11-12,15H2,1-2H3. The smallest absolute Gasteiger partial charge is 0.309 e. The molecule has 3 aromatic rings. The molecule has 6 nitrogen and oxygen atoms in total. The van der Waals surface area contributed by atoms with Gasteiger partial charge in [-0.05, 0) is 34.8 Å². The predicted octanol–water partition coefficient (Wildman–Crippen LogP) is 5.06. The molecule has 2 heterocycles. The van der Waals surface area contributed by atoms with Gasteiger partial charge in [-0.2, -0.15) is 5.26 Å². The number of hydrogen-bond donors (Lipinski definition) is 0. The molecule has 0 fully saturated rings. The first-order valence-electron chi connectivity index (χ1n) is 10.0. The summed E-state index contributed by atoms with van der Waals surface area (Å²) in [5.74, 6) is 0.340. The Morgan fingerprint density at radius 3 is 2.75 bits per heavy atom. The van der Waals surface area contributed by atoms with Crippen molar-refractivity contribution < 1.29 is 14.1 Å². The van der Waals surface area contributed by atoms with Crippen molar-refractivity contribution in [3.05, 3.63) is 53.0 Å². The molecule has 1 aromatic carbocycles. The first-order valence-corrected chi connectivity index (χ1v) is 13.4. The van der Waals surface area contributed by atoms with Gasteiger partial charge in [-0.1, -0.05) is 49.4 Å². The molecular weight excluding hydrogens is 462 g/mol. The molecule has 0 N–H and O–H groups in total. The molecule has 0 radical (unpaired) electrons. The number of hydrogen-bond acceptors (Lipinski definition) is 8. The Labute approximate surface area is 199 Å². The summed E-state index contributed by atoms with van der Waals surface area (Å²) in [6.07, 6.45) is 3.81. The molecule has 0 aliphatic rings. The highest BCUT2D eigenvalue weighted by atomic mass is 32.3. The lowest BCUT2D eigenvalue weighted by molar-refractivity contribution is -0.139. The number of aromatic nitrogens is 2. The lowest BCUT2D eigenvalue weighted by Gasteiger charge is -2.13. The van der Waals surface area contributed by atoms with E-state index < -0.39 is 11.2 Å². The summed E-state index contributed by atoms with van der Waals surface area (Å²) in [4.78, 5) is 20.6. The second-order valence-corrected chi connectivity index (χ2v) is 10.7. The summed E-state index contributed by atoms with van der Waals surface area (Å²) < 4.78 is 17.1. The lowest BCUT2D eigenvalue weighted by Crippen LogP contribution is -2.09. The van der Waals surface area contributed by atoms with E-state index in [9.17, 15) is 14.6 Å². The van der Waals surface area contributed by atoms with Crippen molar-refractivity contribution in [3.8, 4) is 27.9 Å². The minimum atomic E-state index is -0.978. The van der Waals surface area contributed by atoms with Crippen molar-refractivity contribution in [3.63, 3.8) is 0 Å². The molecule has 0 saturated carbocycles. The van der Waals surface area contributed by atoms with E-state index in [0.717, 1.165) is 34.5 Å². The molecule has 0 saturated heterocycles. The van der Waals surface area contributed by atoms with Gasteiger partial charge in [0.2, 0.25) is 0 Å². The van der Waals surface area contributed by atoms with Crippen molar-refractivity contribution in [2.75, 3.05) is 17.9 Å². The van der Waals surface area contributed by atoms with Crippen LogP contribution < -0.4 is 0 Å². The number of ether oxygens (including phenoxy) is 1. The second kappa shape index (κ2) is 12.0. The number of rotatable bonds is 10. The zero-order valence-corrected chi connectivity index (χ0v) is 20.3. The SMILES string of the molecule is CCCC[S+]([O-])CSc1nc(-c2nccs2)cc(-c2ccc(CC(=O)OC)cc2)c1C#N. The topological polar surface area (TPSA) is 98.9 Å². The molecule has 0 spiro atoms. The maximum atomic E-state index is 12.3. The molecule has 9 heteroatoms. The normalized spacial score (nSPS) is 11.7. The van der Waals surface area contributed by atoms with Crippen molar-refractivity contribution >= 4 is 40.2 Å². The van der Waals surface area contributed by atoms with Gasteiger partial charge in [0.25, 0.3) is 0 Å². The van der Waals surface area contributed by atoms with Gasteiger partial charge in [-0.25, -0.2) is 9.97 Å². The third kappa shape index (κ3) is 6.33. The number of benzene rings is 1. The average Bonchev–Trinajstić information content (AvgIpc) is 3.36. The van der Waals surface area contributed by atoms with Gasteiger partial charge in [0.15, 0.2) is 5.08 Å². The Hall–Kier alpha value is -2.38. The van der Waals surface area contributed by atoms with Gasteiger partial charge < -0.3 is 9.29 Å². The number of pyridine rings is 1. The number of methoxy groups -OCH3 is 1. The first kappa shape index (κ1) is 24.3. The minimum absolute atomic E-state index is 0.188. The molecular formula is C23H23N3O3S3. The van der Waals surface area contributed by atoms with E-state index in [-0.39, 0.29) is 12.4 Å². The van der Waals surface area contributed by atoms with Gasteiger partial charge in [-0.15, -0.1) is 11.3 Å². The molecule has 32 heavy (non-hydrogen) atoms. The second-order valence-electron chi connectivity index (χ2n) is 6.89. The maximum Gasteiger partial charge on any atom is 0.309 e. The van der Waals surface area contributed by atoms with Crippen LogP contribution in [0.25, 0.3) is 21.8 Å². The number of thioether (sulfide) groups is 1. The number of carbonyl (C=O) groups is 1.